The minimum atomic E-state index is -0.0431. The minimum Gasteiger partial charge on any atom is -0.396 e. The van der Waals surface area contributed by atoms with Crippen molar-refractivity contribution in [3.05, 3.63) is 0 Å². The van der Waals surface area contributed by atoms with Gasteiger partial charge in [-0.3, -0.25) is 9.69 Å². The quantitative estimate of drug-likeness (QED) is 0.772. The number of aliphatic hydroxyl groups is 1. The first-order valence-electron chi connectivity index (χ1n) is 7.95. The van der Waals surface area contributed by atoms with Gasteiger partial charge < -0.3 is 10.4 Å². The number of amides is 1. The van der Waals surface area contributed by atoms with Gasteiger partial charge in [0, 0.05) is 43.2 Å². The summed E-state index contributed by atoms with van der Waals surface area (Å²) in [6.07, 6.45) is 5.62. The van der Waals surface area contributed by atoms with Crippen molar-refractivity contribution < 1.29 is 9.90 Å². The van der Waals surface area contributed by atoms with E-state index in [1.165, 1.54) is 12.8 Å². The Bertz CT molecular complexity index is 308. The second-order valence-electron chi connectivity index (χ2n) is 6.02. The molecule has 1 saturated heterocycles. The molecule has 0 unspecified atom stereocenters. The van der Waals surface area contributed by atoms with E-state index in [-0.39, 0.29) is 30.5 Å². The Balaban J connectivity index is 1.87. The summed E-state index contributed by atoms with van der Waals surface area (Å²) in [5.74, 6) is 2.63. The molecule has 2 aliphatic rings. The van der Waals surface area contributed by atoms with Gasteiger partial charge in [0.25, 0.3) is 0 Å². The monoisotopic (exact) mass is 300 g/mol. The number of carbonyl (C=O) groups is 1. The largest absolute Gasteiger partial charge is 0.396 e. The van der Waals surface area contributed by atoms with Crippen molar-refractivity contribution in [2.45, 2.75) is 51.1 Å². The van der Waals surface area contributed by atoms with Gasteiger partial charge in [-0.2, -0.15) is 11.8 Å². The van der Waals surface area contributed by atoms with Crippen molar-refractivity contribution in [1.82, 2.24) is 10.2 Å². The van der Waals surface area contributed by atoms with Gasteiger partial charge in [-0.25, -0.2) is 0 Å². The van der Waals surface area contributed by atoms with Crippen molar-refractivity contribution in [1.29, 1.82) is 0 Å². The third-order valence-corrected chi connectivity index (χ3v) is 5.64. The number of rotatable bonds is 4. The number of carbonyl (C=O) groups excluding carboxylic acids is 1. The highest BCUT2D eigenvalue weighted by atomic mass is 32.2. The lowest BCUT2D eigenvalue weighted by Gasteiger charge is -2.33. The highest BCUT2D eigenvalue weighted by Crippen LogP contribution is 2.23. The second kappa shape index (κ2) is 8.25. The van der Waals surface area contributed by atoms with Crippen LogP contribution in [-0.4, -0.2) is 59.2 Å². The van der Waals surface area contributed by atoms with Gasteiger partial charge in [0.15, 0.2) is 0 Å². The zero-order chi connectivity index (χ0) is 14.4. The van der Waals surface area contributed by atoms with Crippen LogP contribution in [0.2, 0.25) is 0 Å². The molecule has 0 radical (unpaired) electrons. The molecule has 1 aliphatic carbocycles. The minimum absolute atomic E-state index is 0.0431. The van der Waals surface area contributed by atoms with Crippen LogP contribution in [0.1, 0.15) is 39.0 Å². The van der Waals surface area contributed by atoms with Gasteiger partial charge in [-0.05, 0) is 19.8 Å². The maximum atomic E-state index is 12.4. The number of nitrogens with zero attached hydrogens (tertiary/aromatic N) is 1. The molecule has 4 nitrogen and oxygen atoms in total. The fourth-order valence-electron chi connectivity index (χ4n) is 3.23. The Kier molecular flexibility index (Phi) is 6.65. The average Bonchev–Trinajstić information content (AvgIpc) is 2.72. The Labute approximate surface area is 126 Å². The number of hydrogen-bond acceptors (Lipinski definition) is 4. The lowest BCUT2D eigenvalue weighted by molar-refractivity contribution is -0.127. The summed E-state index contributed by atoms with van der Waals surface area (Å²) in [5, 5.41) is 12.7. The molecule has 0 aromatic carbocycles. The molecule has 0 spiro atoms. The van der Waals surface area contributed by atoms with E-state index >= 15 is 0 Å². The van der Waals surface area contributed by atoms with E-state index in [2.05, 4.69) is 10.2 Å². The molecule has 0 bridgehead atoms. The predicted octanol–water partition coefficient (Wildman–Crippen LogP) is 1.48. The van der Waals surface area contributed by atoms with E-state index in [0.717, 1.165) is 43.9 Å². The SMILES string of the molecule is C[C@H](C(=O)N[C@H]1CCCCC[C@@H]1CO)N1CCSCC1. The molecule has 5 heteroatoms. The Morgan fingerprint density at radius 2 is 2.00 bits per heavy atom. The zero-order valence-electron chi connectivity index (χ0n) is 12.5. The summed E-state index contributed by atoms with van der Waals surface area (Å²) < 4.78 is 0. The van der Waals surface area contributed by atoms with Crippen LogP contribution >= 0.6 is 11.8 Å². The highest BCUT2D eigenvalue weighted by molar-refractivity contribution is 7.99. The van der Waals surface area contributed by atoms with E-state index in [1.807, 2.05) is 18.7 Å². The van der Waals surface area contributed by atoms with Gasteiger partial charge in [-0.15, -0.1) is 0 Å². The molecular formula is C15H28N2O2S. The third-order valence-electron chi connectivity index (χ3n) is 4.69. The van der Waals surface area contributed by atoms with Crippen LogP contribution in [0.25, 0.3) is 0 Å². The number of nitrogens with one attached hydrogen (secondary N) is 1. The molecule has 1 amide bonds. The molecule has 1 aliphatic heterocycles. The predicted molar refractivity (Wildman–Crippen MR) is 84.0 cm³/mol. The van der Waals surface area contributed by atoms with E-state index in [1.54, 1.807) is 0 Å². The molecule has 3 atom stereocenters. The fourth-order valence-corrected chi connectivity index (χ4v) is 4.16. The lowest BCUT2D eigenvalue weighted by atomic mass is 9.95. The molecular weight excluding hydrogens is 272 g/mol. The van der Waals surface area contributed by atoms with Crippen LogP contribution in [0.15, 0.2) is 0 Å². The topological polar surface area (TPSA) is 52.6 Å². The Morgan fingerprint density at radius 1 is 1.30 bits per heavy atom. The summed E-state index contributed by atoms with van der Waals surface area (Å²) in [4.78, 5) is 14.7. The highest BCUT2D eigenvalue weighted by Gasteiger charge is 2.28. The molecule has 2 N–H and O–H groups in total. The molecule has 1 saturated carbocycles. The molecule has 116 valence electrons. The van der Waals surface area contributed by atoms with Crippen LogP contribution < -0.4 is 5.32 Å². The first-order valence-corrected chi connectivity index (χ1v) is 9.11. The number of hydrogen-bond donors (Lipinski definition) is 2. The summed E-state index contributed by atoms with van der Waals surface area (Å²) >= 11 is 1.96. The third kappa shape index (κ3) is 4.37. The molecule has 0 aromatic rings. The number of aliphatic hydroxyl groups excluding tert-OH is 1. The van der Waals surface area contributed by atoms with Crippen LogP contribution in [-0.2, 0) is 4.79 Å². The van der Waals surface area contributed by atoms with E-state index in [4.69, 9.17) is 0 Å². The van der Waals surface area contributed by atoms with Crippen molar-refractivity contribution in [2.75, 3.05) is 31.2 Å². The van der Waals surface area contributed by atoms with Gasteiger partial charge in [0.2, 0.25) is 5.91 Å². The zero-order valence-corrected chi connectivity index (χ0v) is 13.3. The first-order chi connectivity index (χ1) is 9.72. The standard InChI is InChI=1S/C15H28N2O2S/c1-12(17-7-9-20-10-8-17)15(19)16-14-6-4-2-3-5-13(14)11-18/h12-14,18H,2-11H2,1H3,(H,16,19)/t12-,13-,14+/m1/s1. The van der Waals surface area contributed by atoms with Gasteiger partial charge in [0.1, 0.15) is 0 Å². The molecule has 2 rings (SSSR count). The van der Waals surface area contributed by atoms with Crippen LogP contribution in [0, 0.1) is 5.92 Å². The maximum Gasteiger partial charge on any atom is 0.237 e. The first kappa shape index (κ1) is 16.1. The smallest absolute Gasteiger partial charge is 0.237 e. The fraction of sp³-hybridized carbons (Fsp3) is 0.933. The molecule has 20 heavy (non-hydrogen) atoms. The van der Waals surface area contributed by atoms with Crippen LogP contribution in [0.3, 0.4) is 0 Å². The summed E-state index contributed by atoms with van der Waals surface area (Å²) in [6.45, 7) is 4.22. The van der Waals surface area contributed by atoms with Crippen molar-refractivity contribution in [3.63, 3.8) is 0 Å². The molecule has 1 heterocycles. The van der Waals surface area contributed by atoms with Crippen LogP contribution in [0.4, 0.5) is 0 Å². The maximum absolute atomic E-state index is 12.4. The number of thioether (sulfide) groups is 1. The summed E-state index contributed by atoms with van der Waals surface area (Å²) in [6, 6.07) is 0.120. The van der Waals surface area contributed by atoms with Gasteiger partial charge >= 0.3 is 0 Å². The normalized spacial score (nSPS) is 30.5. The summed E-state index contributed by atoms with van der Waals surface area (Å²) in [7, 11) is 0. The second-order valence-corrected chi connectivity index (χ2v) is 7.24. The average molecular weight is 300 g/mol. The van der Waals surface area contributed by atoms with Crippen LogP contribution in [0.5, 0.6) is 0 Å². The van der Waals surface area contributed by atoms with Crippen molar-refractivity contribution in [2.24, 2.45) is 5.92 Å². The Hall–Kier alpha value is -0.260. The summed E-state index contributed by atoms with van der Waals surface area (Å²) in [5.41, 5.74) is 0. The lowest BCUT2D eigenvalue weighted by Crippen LogP contribution is -2.52. The van der Waals surface area contributed by atoms with E-state index in [0.29, 0.717) is 0 Å². The van der Waals surface area contributed by atoms with E-state index in [9.17, 15) is 9.90 Å². The molecule has 0 aromatic heterocycles. The van der Waals surface area contributed by atoms with Gasteiger partial charge in [0.05, 0.1) is 6.04 Å². The van der Waals surface area contributed by atoms with E-state index < -0.39 is 0 Å². The van der Waals surface area contributed by atoms with Crippen molar-refractivity contribution >= 4 is 17.7 Å². The van der Waals surface area contributed by atoms with Crippen molar-refractivity contribution in [3.8, 4) is 0 Å². The molecule has 2 fully saturated rings. The Morgan fingerprint density at radius 3 is 2.70 bits per heavy atom. The van der Waals surface area contributed by atoms with Gasteiger partial charge in [-0.1, -0.05) is 19.3 Å².